The van der Waals surface area contributed by atoms with Gasteiger partial charge in [-0.3, -0.25) is 5.41 Å². The van der Waals surface area contributed by atoms with Gasteiger partial charge in [0.2, 0.25) is 0 Å². The van der Waals surface area contributed by atoms with Crippen LogP contribution in [0.5, 0.6) is 0 Å². The molecular formula is C12H25N3. The molecule has 0 radical (unpaired) electrons. The summed E-state index contributed by atoms with van der Waals surface area (Å²) in [6.07, 6.45) is 2.27. The third-order valence-corrected chi connectivity index (χ3v) is 3.54. The molecule has 3 nitrogen and oxygen atoms in total. The molecule has 1 rings (SSSR count). The van der Waals surface area contributed by atoms with E-state index in [0.717, 1.165) is 13.0 Å². The molecule has 1 saturated heterocycles. The minimum absolute atomic E-state index is 0.146. The highest BCUT2D eigenvalue weighted by molar-refractivity contribution is 5.82. The molecule has 0 spiro atoms. The zero-order valence-electron chi connectivity index (χ0n) is 10.6. The van der Waals surface area contributed by atoms with Crippen molar-refractivity contribution in [2.45, 2.75) is 40.5 Å². The van der Waals surface area contributed by atoms with Crippen LogP contribution in [0.2, 0.25) is 0 Å². The number of nitrogens with two attached hydrogens (primary N) is 1. The lowest BCUT2D eigenvalue weighted by Crippen LogP contribution is -2.35. The standard InChI is InChI=1S/C12H25N3/c1-11(2)5-7-15(9-11)8-6-12(3,4)10(13)14/h5-9H2,1-4H3,(H3,13,14). The molecule has 88 valence electrons. The summed E-state index contributed by atoms with van der Waals surface area (Å²) in [5, 5.41) is 7.51. The van der Waals surface area contributed by atoms with Crippen molar-refractivity contribution in [2.75, 3.05) is 19.6 Å². The van der Waals surface area contributed by atoms with Crippen molar-refractivity contribution in [1.82, 2.24) is 4.90 Å². The van der Waals surface area contributed by atoms with E-state index in [2.05, 4.69) is 32.6 Å². The fourth-order valence-corrected chi connectivity index (χ4v) is 1.99. The van der Waals surface area contributed by atoms with Gasteiger partial charge in [0.1, 0.15) is 0 Å². The zero-order valence-corrected chi connectivity index (χ0v) is 10.6. The molecule has 3 heteroatoms. The molecule has 1 aliphatic rings. The van der Waals surface area contributed by atoms with Crippen LogP contribution in [-0.2, 0) is 0 Å². The van der Waals surface area contributed by atoms with Crippen molar-refractivity contribution in [1.29, 1.82) is 5.41 Å². The zero-order chi connectivity index (χ0) is 11.7. The monoisotopic (exact) mass is 211 g/mol. The second-order valence-corrected chi connectivity index (χ2v) is 6.24. The number of hydrogen-bond acceptors (Lipinski definition) is 2. The molecule has 0 unspecified atom stereocenters. The number of nitrogens with one attached hydrogen (secondary N) is 1. The second-order valence-electron chi connectivity index (χ2n) is 6.24. The van der Waals surface area contributed by atoms with Gasteiger partial charge in [-0.05, 0) is 31.3 Å². The van der Waals surface area contributed by atoms with Gasteiger partial charge in [-0.1, -0.05) is 27.7 Å². The van der Waals surface area contributed by atoms with Crippen molar-refractivity contribution in [2.24, 2.45) is 16.6 Å². The van der Waals surface area contributed by atoms with Crippen LogP contribution in [0.25, 0.3) is 0 Å². The van der Waals surface area contributed by atoms with E-state index in [9.17, 15) is 0 Å². The Morgan fingerprint density at radius 3 is 2.47 bits per heavy atom. The Hall–Kier alpha value is -0.570. The van der Waals surface area contributed by atoms with Crippen LogP contribution in [0, 0.1) is 16.2 Å². The molecule has 0 saturated carbocycles. The van der Waals surface area contributed by atoms with Crippen molar-refractivity contribution < 1.29 is 0 Å². The van der Waals surface area contributed by atoms with E-state index >= 15 is 0 Å². The number of likely N-dealkylation sites (tertiary alicyclic amines) is 1. The maximum atomic E-state index is 7.51. The Bertz CT molecular complexity index is 243. The Morgan fingerprint density at radius 1 is 1.47 bits per heavy atom. The lowest BCUT2D eigenvalue weighted by molar-refractivity contribution is 0.262. The van der Waals surface area contributed by atoms with Crippen LogP contribution in [0.3, 0.4) is 0 Å². The molecular weight excluding hydrogens is 186 g/mol. The van der Waals surface area contributed by atoms with Gasteiger partial charge in [0.15, 0.2) is 0 Å². The predicted octanol–water partition coefficient (Wildman–Crippen LogP) is 2.07. The molecule has 0 aliphatic carbocycles. The fraction of sp³-hybridized carbons (Fsp3) is 0.917. The lowest BCUT2D eigenvalue weighted by atomic mass is 9.88. The Kier molecular flexibility index (Phi) is 3.44. The molecule has 1 aliphatic heterocycles. The van der Waals surface area contributed by atoms with Gasteiger partial charge in [-0.15, -0.1) is 0 Å². The van der Waals surface area contributed by atoms with Crippen LogP contribution < -0.4 is 5.73 Å². The number of rotatable bonds is 4. The van der Waals surface area contributed by atoms with E-state index in [1.165, 1.54) is 19.5 Å². The van der Waals surface area contributed by atoms with E-state index in [0.29, 0.717) is 11.3 Å². The molecule has 0 atom stereocenters. The lowest BCUT2D eigenvalue weighted by Gasteiger charge is -2.26. The Morgan fingerprint density at radius 2 is 2.07 bits per heavy atom. The Labute approximate surface area is 93.5 Å². The molecule has 0 bridgehead atoms. The molecule has 0 aromatic rings. The molecule has 3 N–H and O–H groups in total. The SMILES string of the molecule is CC1(C)CCN(CCC(C)(C)C(=N)N)C1. The molecule has 15 heavy (non-hydrogen) atoms. The first-order valence-corrected chi connectivity index (χ1v) is 5.80. The van der Waals surface area contributed by atoms with Crippen LogP contribution in [0.15, 0.2) is 0 Å². The third-order valence-electron chi connectivity index (χ3n) is 3.54. The molecule has 1 heterocycles. The summed E-state index contributed by atoms with van der Waals surface area (Å²) in [5.41, 5.74) is 5.90. The van der Waals surface area contributed by atoms with E-state index in [4.69, 9.17) is 11.1 Å². The van der Waals surface area contributed by atoms with Crippen LogP contribution in [-0.4, -0.2) is 30.4 Å². The first-order valence-electron chi connectivity index (χ1n) is 5.80. The van der Waals surface area contributed by atoms with E-state index in [-0.39, 0.29) is 5.41 Å². The smallest absolute Gasteiger partial charge is 0.0963 e. The summed E-state index contributed by atoms with van der Waals surface area (Å²) in [6.45, 7) is 12.2. The van der Waals surface area contributed by atoms with Crippen LogP contribution >= 0.6 is 0 Å². The highest BCUT2D eigenvalue weighted by Gasteiger charge is 2.30. The van der Waals surface area contributed by atoms with E-state index in [1.807, 2.05) is 0 Å². The van der Waals surface area contributed by atoms with Crippen molar-refractivity contribution in [3.63, 3.8) is 0 Å². The number of nitrogens with zero attached hydrogens (tertiary/aromatic N) is 1. The van der Waals surface area contributed by atoms with Gasteiger partial charge in [0.05, 0.1) is 5.84 Å². The summed E-state index contributed by atoms with van der Waals surface area (Å²) in [7, 11) is 0. The van der Waals surface area contributed by atoms with Crippen LogP contribution in [0.1, 0.15) is 40.5 Å². The van der Waals surface area contributed by atoms with E-state index < -0.39 is 0 Å². The first kappa shape index (κ1) is 12.5. The van der Waals surface area contributed by atoms with Gasteiger partial charge in [0.25, 0.3) is 0 Å². The maximum Gasteiger partial charge on any atom is 0.0963 e. The molecule has 0 aromatic carbocycles. The number of hydrogen-bond donors (Lipinski definition) is 2. The van der Waals surface area contributed by atoms with Gasteiger partial charge < -0.3 is 10.6 Å². The third kappa shape index (κ3) is 3.49. The van der Waals surface area contributed by atoms with Crippen molar-refractivity contribution in [3.05, 3.63) is 0 Å². The molecule has 0 amide bonds. The second kappa shape index (κ2) is 4.12. The van der Waals surface area contributed by atoms with Crippen LogP contribution in [0.4, 0.5) is 0 Å². The average Bonchev–Trinajstić information content (AvgIpc) is 2.42. The number of amidine groups is 1. The summed E-state index contributed by atoms with van der Waals surface area (Å²) in [6, 6.07) is 0. The summed E-state index contributed by atoms with van der Waals surface area (Å²) in [4.78, 5) is 2.49. The average molecular weight is 211 g/mol. The maximum absolute atomic E-state index is 7.51. The topological polar surface area (TPSA) is 53.1 Å². The van der Waals surface area contributed by atoms with Crippen molar-refractivity contribution >= 4 is 5.84 Å². The van der Waals surface area contributed by atoms with Gasteiger partial charge in [-0.2, -0.15) is 0 Å². The fourth-order valence-electron chi connectivity index (χ4n) is 1.99. The highest BCUT2D eigenvalue weighted by Crippen LogP contribution is 2.30. The normalized spacial score (nSPS) is 21.9. The summed E-state index contributed by atoms with van der Waals surface area (Å²) in [5.74, 6) is 0.306. The predicted molar refractivity (Wildman–Crippen MR) is 65.2 cm³/mol. The summed E-state index contributed by atoms with van der Waals surface area (Å²) >= 11 is 0. The largest absolute Gasteiger partial charge is 0.387 e. The van der Waals surface area contributed by atoms with Gasteiger partial charge >= 0.3 is 0 Å². The minimum atomic E-state index is -0.146. The first-order chi connectivity index (χ1) is 6.73. The Balaban J connectivity index is 2.36. The van der Waals surface area contributed by atoms with Crippen molar-refractivity contribution in [3.8, 4) is 0 Å². The highest BCUT2D eigenvalue weighted by atomic mass is 15.1. The quantitative estimate of drug-likeness (QED) is 0.552. The van der Waals surface area contributed by atoms with E-state index in [1.54, 1.807) is 0 Å². The van der Waals surface area contributed by atoms with Gasteiger partial charge in [-0.25, -0.2) is 0 Å². The summed E-state index contributed by atoms with van der Waals surface area (Å²) < 4.78 is 0. The van der Waals surface area contributed by atoms with Gasteiger partial charge in [0, 0.05) is 12.0 Å². The minimum Gasteiger partial charge on any atom is -0.387 e. The molecule has 1 fully saturated rings. The molecule has 0 aromatic heterocycles.